The van der Waals surface area contributed by atoms with Gasteiger partial charge in [-0.2, -0.15) is 0 Å². The summed E-state index contributed by atoms with van der Waals surface area (Å²) in [6, 6.07) is 3.47. The highest BCUT2D eigenvalue weighted by molar-refractivity contribution is 9.10. The number of rotatable bonds is 8. The van der Waals surface area contributed by atoms with Crippen LogP contribution < -0.4 is 16.4 Å². The summed E-state index contributed by atoms with van der Waals surface area (Å²) in [5, 5.41) is 6.42. The molecule has 2 aliphatic rings. The number of ether oxygens (including phenoxy) is 1. The zero-order valence-electron chi connectivity index (χ0n) is 20.7. The predicted octanol–water partition coefficient (Wildman–Crippen LogP) is 3.22. The molecule has 2 aliphatic heterocycles. The fourth-order valence-corrected chi connectivity index (χ4v) is 4.83. The Morgan fingerprint density at radius 1 is 1.33 bits per heavy atom. The van der Waals surface area contributed by atoms with Crippen molar-refractivity contribution in [3.05, 3.63) is 46.2 Å². The van der Waals surface area contributed by atoms with Crippen molar-refractivity contribution in [2.24, 2.45) is 4.99 Å². The van der Waals surface area contributed by atoms with E-state index in [0.29, 0.717) is 61.2 Å². The highest BCUT2D eigenvalue weighted by atomic mass is 79.9. The quantitative estimate of drug-likeness (QED) is 0.188. The van der Waals surface area contributed by atoms with Gasteiger partial charge in [0.25, 0.3) is 11.8 Å². The van der Waals surface area contributed by atoms with E-state index in [9.17, 15) is 9.59 Å². The minimum absolute atomic E-state index is 0.0748. The number of alkyl halides is 1. The second-order valence-corrected chi connectivity index (χ2v) is 10.1. The number of hydrogen-bond acceptors (Lipinski definition) is 7. The zero-order valence-corrected chi connectivity index (χ0v) is 23.1. The predicted molar refractivity (Wildman–Crippen MR) is 149 cm³/mol. The molecule has 11 heteroatoms. The first kappa shape index (κ1) is 28.0. The minimum Gasteiger partial charge on any atom is -0.397 e. The second-order valence-electron chi connectivity index (χ2n) is 8.92. The van der Waals surface area contributed by atoms with E-state index in [-0.39, 0.29) is 24.0 Å². The van der Waals surface area contributed by atoms with Crippen LogP contribution >= 0.6 is 27.5 Å². The van der Waals surface area contributed by atoms with Crippen molar-refractivity contribution >= 4 is 56.9 Å². The number of hydrogen-bond donors (Lipinski definition) is 3. The van der Waals surface area contributed by atoms with Crippen molar-refractivity contribution in [2.75, 3.05) is 56.8 Å². The van der Waals surface area contributed by atoms with Crippen LogP contribution in [0, 0.1) is 0 Å². The van der Waals surface area contributed by atoms with Crippen molar-refractivity contribution in [3.63, 3.8) is 0 Å². The molecule has 196 valence electrons. The average Bonchev–Trinajstić information content (AvgIpc) is 2.89. The number of morpholine rings is 1. The lowest BCUT2D eigenvalue weighted by atomic mass is 10.0. The molecule has 2 saturated heterocycles. The van der Waals surface area contributed by atoms with Gasteiger partial charge in [0, 0.05) is 61.9 Å². The summed E-state index contributed by atoms with van der Waals surface area (Å²) in [4.78, 5) is 34.1. The standard InChI is InChI=1S/C25H34BrClN6O3/c1-16(12-30-13-17(2)29-3)24(34)32-6-4-5-19(14-32)31-23-21(9-18(26)10-22(23)28)25(35)33-7-8-36-20(11-27)15-33/h9-10,12-13,19-20,29,31H,1,4-8,11,14-15,28H2,2-3H3/b17-13+,30-12-/t19-,20-/m1/s1. The number of halogens is 2. The average molecular weight is 582 g/mol. The van der Waals surface area contributed by atoms with Gasteiger partial charge in [0.2, 0.25) is 0 Å². The van der Waals surface area contributed by atoms with E-state index < -0.39 is 0 Å². The van der Waals surface area contributed by atoms with Gasteiger partial charge in [0.1, 0.15) is 0 Å². The Balaban J connectivity index is 1.73. The number of amides is 2. The third-order valence-electron chi connectivity index (χ3n) is 6.19. The molecule has 0 radical (unpaired) electrons. The number of carbonyl (C=O) groups is 2. The molecule has 2 heterocycles. The number of nitrogens with one attached hydrogen (secondary N) is 2. The van der Waals surface area contributed by atoms with Crippen molar-refractivity contribution in [2.45, 2.75) is 31.9 Å². The molecule has 0 saturated carbocycles. The van der Waals surface area contributed by atoms with Crippen LogP contribution in [0.4, 0.5) is 11.4 Å². The van der Waals surface area contributed by atoms with Gasteiger partial charge in [-0.1, -0.05) is 22.5 Å². The van der Waals surface area contributed by atoms with Gasteiger partial charge in [0.05, 0.1) is 41.1 Å². The molecule has 3 rings (SSSR count). The van der Waals surface area contributed by atoms with Crippen molar-refractivity contribution in [1.29, 1.82) is 0 Å². The van der Waals surface area contributed by atoms with Gasteiger partial charge in [-0.3, -0.25) is 14.6 Å². The monoisotopic (exact) mass is 580 g/mol. The van der Waals surface area contributed by atoms with Crippen LogP contribution in [0.25, 0.3) is 0 Å². The molecule has 0 bridgehead atoms. The summed E-state index contributed by atoms with van der Waals surface area (Å²) < 4.78 is 6.32. The van der Waals surface area contributed by atoms with Crippen molar-refractivity contribution in [1.82, 2.24) is 15.1 Å². The molecule has 0 spiro atoms. The number of allylic oxidation sites excluding steroid dienone is 1. The Morgan fingerprint density at radius 3 is 2.83 bits per heavy atom. The number of aliphatic imine (C=N–C) groups is 1. The molecule has 1 aromatic rings. The molecule has 4 N–H and O–H groups in total. The number of nitrogens with two attached hydrogens (primary N) is 1. The fraction of sp³-hybridized carbons (Fsp3) is 0.480. The van der Waals surface area contributed by atoms with Gasteiger partial charge in [-0.05, 0) is 31.9 Å². The van der Waals surface area contributed by atoms with Gasteiger partial charge < -0.3 is 30.9 Å². The number of carbonyl (C=O) groups excluding carboxylic acids is 2. The first-order valence-electron chi connectivity index (χ1n) is 11.9. The lowest BCUT2D eigenvalue weighted by molar-refractivity contribution is -0.127. The third kappa shape index (κ3) is 7.24. The number of benzene rings is 1. The van der Waals surface area contributed by atoms with E-state index >= 15 is 0 Å². The highest BCUT2D eigenvalue weighted by Crippen LogP contribution is 2.32. The highest BCUT2D eigenvalue weighted by Gasteiger charge is 2.29. The lowest BCUT2D eigenvalue weighted by Gasteiger charge is -2.35. The van der Waals surface area contributed by atoms with E-state index in [1.54, 1.807) is 35.2 Å². The molecule has 0 aliphatic carbocycles. The molecule has 0 unspecified atom stereocenters. The first-order chi connectivity index (χ1) is 17.2. The van der Waals surface area contributed by atoms with Gasteiger partial charge in [-0.25, -0.2) is 0 Å². The number of nitrogen functional groups attached to an aromatic ring is 1. The Labute approximate surface area is 225 Å². The van der Waals surface area contributed by atoms with Gasteiger partial charge >= 0.3 is 0 Å². The maximum atomic E-state index is 13.5. The number of nitrogens with zero attached hydrogens (tertiary/aromatic N) is 3. The normalized spacial score (nSPS) is 20.9. The first-order valence-corrected chi connectivity index (χ1v) is 13.2. The Kier molecular flexibility index (Phi) is 10.2. The summed E-state index contributed by atoms with van der Waals surface area (Å²) >= 11 is 9.42. The minimum atomic E-state index is -0.197. The third-order valence-corrected chi connectivity index (χ3v) is 6.99. The summed E-state index contributed by atoms with van der Waals surface area (Å²) in [6.45, 7) is 8.20. The number of anilines is 2. The van der Waals surface area contributed by atoms with Crippen LogP contribution in [0.1, 0.15) is 30.1 Å². The Bertz CT molecular complexity index is 1050. The lowest BCUT2D eigenvalue weighted by Crippen LogP contribution is -2.47. The van der Waals surface area contributed by atoms with Gasteiger partial charge in [0.15, 0.2) is 0 Å². The zero-order chi connectivity index (χ0) is 26.2. The molecule has 2 fully saturated rings. The van der Waals surface area contributed by atoms with E-state index in [0.717, 1.165) is 23.0 Å². The molecule has 0 aromatic heterocycles. The molecule has 1 aromatic carbocycles. The number of piperidine rings is 1. The molecular weight excluding hydrogens is 548 g/mol. The van der Waals surface area contributed by atoms with Crippen molar-refractivity contribution in [3.8, 4) is 0 Å². The maximum Gasteiger partial charge on any atom is 0.256 e. The van der Waals surface area contributed by atoms with Crippen LogP contribution in [0.2, 0.25) is 0 Å². The van der Waals surface area contributed by atoms with Crippen LogP contribution in [0.15, 0.2) is 45.6 Å². The summed E-state index contributed by atoms with van der Waals surface area (Å²) in [6.07, 6.45) is 4.56. The van der Waals surface area contributed by atoms with Gasteiger partial charge in [-0.15, -0.1) is 11.6 Å². The maximum absolute atomic E-state index is 13.5. The van der Waals surface area contributed by atoms with Crippen LogP contribution in [-0.4, -0.2) is 85.7 Å². The molecule has 9 nitrogen and oxygen atoms in total. The molecule has 36 heavy (non-hydrogen) atoms. The topological polar surface area (TPSA) is 112 Å². The summed E-state index contributed by atoms with van der Waals surface area (Å²) in [7, 11) is 1.80. The van der Waals surface area contributed by atoms with Crippen LogP contribution in [0.3, 0.4) is 0 Å². The number of likely N-dealkylation sites (tertiary alicyclic amines) is 1. The van der Waals surface area contributed by atoms with Crippen molar-refractivity contribution < 1.29 is 14.3 Å². The molecule has 2 atom stereocenters. The van der Waals surface area contributed by atoms with Crippen LogP contribution in [-0.2, 0) is 9.53 Å². The van der Waals surface area contributed by atoms with E-state index in [1.807, 2.05) is 6.92 Å². The second kappa shape index (κ2) is 13.1. The molecule has 2 amide bonds. The SMILES string of the molecule is C=C(/C=N\C=C(/C)NC)C(=O)N1CCC[C@@H](Nc2c(N)cc(Br)cc2C(=O)N2CCO[C@H](CCl)C2)C1. The largest absolute Gasteiger partial charge is 0.397 e. The summed E-state index contributed by atoms with van der Waals surface area (Å²) in [5.41, 5.74) is 9.06. The van der Waals surface area contributed by atoms with E-state index in [2.05, 4.69) is 38.1 Å². The van der Waals surface area contributed by atoms with E-state index in [1.165, 1.54) is 6.21 Å². The van der Waals surface area contributed by atoms with E-state index in [4.69, 9.17) is 22.1 Å². The summed E-state index contributed by atoms with van der Waals surface area (Å²) in [5.74, 6) is 0.0199. The smallest absolute Gasteiger partial charge is 0.256 e. The Hall–Kier alpha value is -2.56. The Morgan fingerprint density at radius 2 is 2.11 bits per heavy atom. The molecular formula is C25H34BrClN6O3. The fourth-order valence-electron chi connectivity index (χ4n) is 4.17. The van der Waals surface area contributed by atoms with Crippen LogP contribution in [0.5, 0.6) is 0 Å².